The van der Waals surface area contributed by atoms with E-state index < -0.39 is 10.0 Å². The number of aromatic amines is 1. The molecule has 1 aromatic heterocycles. The van der Waals surface area contributed by atoms with Crippen LogP contribution in [0.4, 0.5) is 0 Å². The highest BCUT2D eigenvalue weighted by Crippen LogP contribution is 2.21. The van der Waals surface area contributed by atoms with Crippen LogP contribution in [-0.2, 0) is 10.0 Å². The maximum atomic E-state index is 12.1. The fourth-order valence-electron chi connectivity index (χ4n) is 1.96. The van der Waals surface area contributed by atoms with E-state index in [1.807, 2.05) is 0 Å². The summed E-state index contributed by atoms with van der Waals surface area (Å²) < 4.78 is 25.7. The maximum Gasteiger partial charge on any atom is 0.260 e. The lowest BCUT2D eigenvalue weighted by molar-refractivity contribution is 0.271. The maximum absolute atomic E-state index is 12.1. The third kappa shape index (κ3) is 2.98. The molecule has 1 saturated heterocycles. The van der Waals surface area contributed by atoms with Crippen molar-refractivity contribution >= 4 is 22.4 Å². The summed E-state index contributed by atoms with van der Waals surface area (Å²) in [6, 6.07) is 0. The van der Waals surface area contributed by atoms with Gasteiger partial charge in [0.25, 0.3) is 10.0 Å². The second kappa shape index (κ2) is 5.81. The number of H-pyrrole nitrogens is 1. The monoisotopic (exact) mass is 280 g/mol. The molecule has 0 saturated carbocycles. The molecule has 1 aliphatic rings. The molecule has 1 unspecified atom stereocenters. The lowest BCUT2D eigenvalue weighted by atomic mass is 10.0. The summed E-state index contributed by atoms with van der Waals surface area (Å²) in [6.07, 6.45) is 4.58. The largest absolute Gasteiger partial charge is 0.335 e. The highest BCUT2D eigenvalue weighted by atomic mass is 35.5. The molecule has 0 spiro atoms. The van der Waals surface area contributed by atoms with Gasteiger partial charge in [-0.1, -0.05) is 0 Å². The van der Waals surface area contributed by atoms with Crippen molar-refractivity contribution < 1.29 is 8.42 Å². The van der Waals surface area contributed by atoms with Crippen molar-refractivity contribution in [1.29, 1.82) is 0 Å². The lowest BCUT2D eigenvalue weighted by Crippen LogP contribution is -2.42. The second-order valence-corrected chi connectivity index (χ2v) is 5.93. The van der Waals surface area contributed by atoms with Crippen LogP contribution in [0.1, 0.15) is 12.8 Å². The van der Waals surface area contributed by atoms with Crippen molar-refractivity contribution in [2.75, 3.05) is 19.6 Å². The normalized spacial score (nSPS) is 22.1. The number of piperidine rings is 1. The molecule has 1 aromatic rings. The van der Waals surface area contributed by atoms with Crippen LogP contribution in [0.15, 0.2) is 17.6 Å². The van der Waals surface area contributed by atoms with Crippen molar-refractivity contribution in [3.8, 4) is 0 Å². The zero-order valence-corrected chi connectivity index (χ0v) is 11.0. The van der Waals surface area contributed by atoms with Gasteiger partial charge in [-0.3, -0.25) is 0 Å². The smallest absolute Gasteiger partial charge is 0.260 e. The van der Waals surface area contributed by atoms with Crippen LogP contribution in [0.2, 0.25) is 0 Å². The van der Waals surface area contributed by atoms with Gasteiger partial charge in [0.1, 0.15) is 0 Å². The molecule has 0 aromatic carbocycles. The molecule has 2 heterocycles. The summed E-state index contributed by atoms with van der Waals surface area (Å²) in [5.74, 6) is 0.270. The molecule has 3 N–H and O–H groups in total. The van der Waals surface area contributed by atoms with Gasteiger partial charge in [-0.05, 0) is 25.3 Å². The number of rotatable bonds is 3. The molecule has 1 fully saturated rings. The Balaban J connectivity index is 0.00000144. The minimum Gasteiger partial charge on any atom is -0.335 e. The Morgan fingerprint density at radius 3 is 2.94 bits per heavy atom. The first-order chi connectivity index (χ1) is 7.64. The molecular weight excluding hydrogens is 264 g/mol. The number of nitrogens with two attached hydrogens (primary N) is 1. The Morgan fingerprint density at radius 1 is 1.59 bits per heavy atom. The molecule has 17 heavy (non-hydrogen) atoms. The topological polar surface area (TPSA) is 92.1 Å². The summed E-state index contributed by atoms with van der Waals surface area (Å²) in [6.45, 7) is 1.62. The molecule has 0 bridgehead atoms. The summed E-state index contributed by atoms with van der Waals surface area (Å²) in [5.41, 5.74) is 5.59. The number of imidazole rings is 1. The number of nitrogens with zero attached hydrogens (tertiary/aromatic N) is 2. The van der Waals surface area contributed by atoms with Crippen LogP contribution in [0.25, 0.3) is 0 Å². The number of hydrogen-bond donors (Lipinski definition) is 2. The summed E-state index contributed by atoms with van der Waals surface area (Å²) in [7, 11) is -3.40. The molecule has 0 amide bonds. The van der Waals surface area contributed by atoms with Gasteiger partial charge < -0.3 is 10.7 Å². The molecule has 2 rings (SSSR count). The zero-order valence-electron chi connectivity index (χ0n) is 9.37. The quantitative estimate of drug-likeness (QED) is 0.827. The third-order valence-corrected chi connectivity index (χ3v) is 4.70. The van der Waals surface area contributed by atoms with E-state index in [-0.39, 0.29) is 23.4 Å². The third-order valence-electron chi connectivity index (χ3n) is 2.91. The molecule has 0 aliphatic carbocycles. The van der Waals surface area contributed by atoms with Crippen molar-refractivity contribution in [3.63, 3.8) is 0 Å². The van der Waals surface area contributed by atoms with E-state index in [9.17, 15) is 8.42 Å². The predicted molar refractivity (Wildman–Crippen MR) is 66.4 cm³/mol. The van der Waals surface area contributed by atoms with Crippen molar-refractivity contribution in [2.24, 2.45) is 11.7 Å². The standard InChI is InChI=1S/C9H16N4O2S.ClH/c10-4-8-2-1-3-13(6-8)16(14,15)9-5-11-7-12-9;/h5,7-8H,1-4,6,10H2,(H,11,12);1H. The van der Waals surface area contributed by atoms with Gasteiger partial charge in [0.15, 0.2) is 5.03 Å². The van der Waals surface area contributed by atoms with Crippen LogP contribution >= 0.6 is 12.4 Å². The molecule has 1 atom stereocenters. The van der Waals surface area contributed by atoms with E-state index in [2.05, 4.69) is 9.97 Å². The van der Waals surface area contributed by atoms with Crippen LogP contribution in [0, 0.1) is 5.92 Å². The predicted octanol–water partition coefficient (Wildman–Crippen LogP) is 0.191. The average molecular weight is 281 g/mol. The Morgan fingerprint density at radius 2 is 2.35 bits per heavy atom. The van der Waals surface area contributed by atoms with Gasteiger partial charge in [-0.2, -0.15) is 4.31 Å². The van der Waals surface area contributed by atoms with Gasteiger partial charge in [0.2, 0.25) is 0 Å². The second-order valence-electron chi connectivity index (χ2n) is 4.02. The fraction of sp³-hybridized carbons (Fsp3) is 0.667. The van der Waals surface area contributed by atoms with Crippen LogP contribution in [-0.4, -0.2) is 42.3 Å². The van der Waals surface area contributed by atoms with Gasteiger partial charge in [0, 0.05) is 13.1 Å². The molecule has 8 heteroatoms. The Kier molecular flexibility index (Phi) is 4.93. The summed E-state index contributed by atoms with van der Waals surface area (Å²) in [5, 5.41) is 0.158. The minimum absolute atomic E-state index is 0. The van der Waals surface area contributed by atoms with E-state index in [4.69, 9.17) is 5.73 Å². The van der Waals surface area contributed by atoms with E-state index in [1.54, 1.807) is 0 Å². The van der Waals surface area contributed by atoms with Crippen molar-refractivity contribution in [2.45, 2.75) is 17.9 Å². The molecule has 98 valence electrons. The fourth-order valence-corrected chi connectivity index (χ4v) is 3.41. The first-order valence-electron chi connectivity index (χ1n) is 5.33. The molecule has 6 nitrogen and oxygen atoms in total. The Labute approximate surface area is 107 Å². The van der Waals surface area contributed by atoms with E-state index >= 15 is 0 Å². The minimum atomic E-state index is -3.40. The summed E-state index contributed by atoms with van der Waals surface area (Å²) in [4.78, 5) is 6.37. The van der Waals surface area contributed by atoms with E-state index in [0.29, 0.717) is 19.6 Å². The molecule has 0 radical (unpaired) electrons. The lowest BCUT2D eigenvalue weighted by Gasteiger charge is -2.30. The zero-order chi connectivity index (χ0) is 11.6. The van der Waals surface area contributed by atoms with Crippen molar-refractivity contribution in [1.82, 2.24) is 14.3 Å². The molecule has 1 aliphatic heterocycles. The number of sulfonamides is 1. The summed E-state index contributed by atoms with van der Waals surface area (Å²) >= 11 is 0. The van der Waals surface area contributed by atoms with Crippen LogP contribution < -0.4 is 5.73 Å². The first-order valence-corrected chi connectivity index (χ1v) is 6.77. The van der Waals surface area contributed by atoms with Crippen molar-refractivity contribution in [3.05, 3.63) is 12.5 Å². The Hall–Kier alpha value is -0.630. The SMILES string of the molecule is Cl.NCC1CCCN(S(=O)(=O)c2cnc[nH]2)C1. The number of aromatic nitrogens is 2. The number of nitrogens with one attached hydrogen (secondary N) is 1. The van der Waals surface area contributed by atoms with Gasteiger partial charge in [-0.15, -0.1) is 12.4 Å². The Bertz CT molecular complexity index is 434. The first kappa shape index (κ1) is 14.4. The highest BCUT2D eigenvalue weighted by Gasteiger charge is 2.30. The molecular formula is C9H17ClN4O2S. The highest BCUT2D eigenvalue weighted by molar-refractivity contribution is 7.89. The number of halogens is 1. The van der Waals surface area contributed by atoms with Crippen LogP contribution in [0.5, 0.6) is 0 Å². The van der Waals surface area contributed by atoms with E-state index in [0.717, 1.165) is 12.8 Å². The van der Waals surface area contributed by atoms with E-state index in [1.165, 1.54) is 16.8 Å². The number of hydrogen-bond acceptors (Lipinski definition) is 4. The average Bonchev–Trinajstić information content (AvgIpc) is 2.83. The van der Waals surface area contributed by atoms with Gasteiger partial charge in [-0.25, -0.2) is 13.4 Å². The van der Waals surface area contributed by atoms with Crippen LogP contribution in [0.3, 0.4) is 0 Å². The van der Waals surface area contributed by atoms with Gasteiger partial charge >= 0.3 is 0 Å². The van der Waals surface area contributed by atoms with Gasteiger partial charge in [0.05, 0.1) is 12.5 Å².